The van der Waals surface area contributed by atoms with Gasteiger partial charge in [-0.3, -0.25) is 4.90 Å². The van der Waals surface area contributed by atoms with Crippen LogP contribution in [0, 0.1) is 17.8 Å². The van der Waals surface area contributed by atoms with E-state index in [9.17, 15) is 0 Å². The van der Waals surface area contributed by atoms with Crippen molar-refractivity contribution in [3.8, 4) is 6.07 Å². The first-order valence-electron chi connectivity index (χ1n) is 8.62. The Morgan fingerprint density at radius 1 is 1.35 bits per heavy atom. The molecule has 1 radical (unpaired) electrons. The molecule has 7 heteroatoms. The second kappa shape index (κ2) is 7.12. The van der Waals surface area contributed by atoms with Gasteiger partial charge in [-0.1, -0.05) is 6.07 Å². The summed E-state index contributed by atoms with van der Waals surface area (Å²) in [5.74, 6) is 0.729. The highest BCUT2D eigenvalue weighted by Crippen LogP contribution is 2.25. The number of rotatable bonds is 4. The van der Waals surface area contributed by atoms with E-state index in [1.807, 2.05) is 28.9 Å². The quantitative estimate of drug-likeness (QED) is 0.751. The normalized spacial score (nSPS) is 15.8. The molecule has 3 N–H and O–H groups in total. The first-order valence-corrected chi connectivity index (χ1v) is 8.62. The summed E-state index contributed by atoms with van der Waals surface area (Å²) in [5.41, 5.74) is 9.50. The first-order chi connectivity index (χ1) is 12.7. The number of likely N-dealkylation sites (tertiary alicyclic amines) is 1. The summed E-state index contributed by atoms with van der Waals surface area (Å²) < 4.78 is 1.83. The molecule has 4 rings (SSSR count). The first kappa shape index (κ1) is 16.5. The van der Waals surface area contributed by atoms with Gasteiger partial charge in [0, 0.05) is 31.0 Å². The molecule has 7 nitrogen and oxygen atoms in total. The highest BCUT2D eigenvalue weighted by Gasteiger charge is 2.19. The van der Waals surface area contributed by atoms with E-state index in [4.69, 9.17) is 11.0 Å². The summed E-state index contributed by atoms with van der Waals surface area (Å²) >= 11 is 0. The van der Waals surface area contributed by atoms with Gasteiger partial charge in [-0.05, 0) is 49.2 Å². The second-order valence-electron chi connectivity index (χ2n) is 6.48. The lowest BCUT2D eigenvalue weighted by Gasteiger charge is -2.29. The second-order valence-corrected chi connectivity index (χ2v) is 6.48. The van der Waals surface area contributed by atoms with Crippen molar-refractivity contribution >= 4 is 17.0 Å². The molecule has 1 saturated heterocycles. The Hall–Kier alpha value is -2.95. The van der Waals surface area contributed by atoms with Crippen molar-refractivity contribution in [2.75, 3.05) is 18.4 Å². The van der Waals surface area contributed by atoms with Gasteiger partial charge in [-0.15, -0.1) is 0 Å². The SMILES string of the molecule is N#Cc1cccc(Nc2ncnn3ccc(CN4C[CH][C@@H](N)CC4)c23)c1. The van der Waals surface area contributed by atoms with Gasteiger partial charge in [0.2, 0.25) is 0 Å². The van der Waals surface area contributed by atoms with Crippen LogP contribution in [-0.4, -0.2) is 38.6 Å². The molecule has 0 bridgehead atoms. The lowest BCUT2D eigenvalue weighted by molar-refractivity contribution is 0.244. The number of nitrogens with one attached hydrogen (secondary N) is 1. The van der Waals surface area contributed by atoms with Crippen molar-refractivity contribution in [2.45, 2.75) is 19.0 Å². The number of nitriles is 1. The minimum absolute atomic E-state index is 0.199. The van der Waals surface area contributed by atoms with Gasteiger partial charge in [-0.2, -0.15) is 10.4 Å². The standard InChI is InChI=1S/C19H20N7/c20-11-14-2-1-3-17(10-14)24-19-18-15(4-9-26(18)23-13-22-19)12-25-7-5-16(21)6-8-25/h1-5,9-10,13,16H,6-8,12,21H2,(H,22,23,24)/t16-/m1/s1. The van der Waals surface area contributed by atoms with Gasteiger partial charge < -0.3 is 11.1 Å². The van der Waals surface area contributed by atoms with Crippen LogP contribution in [0.25, 0.3) is 5.52 Å². The molecule has 131 valence electrons. The van der Waals surface area contributed by atoms with Gasteiger partial charge >= 0.3 is 0 Å². The highest BCUT2D eigenvalue weighted by molar-refractivity contribution is 5.76. The van der Waals surface area contributed by atoms with Crippen molar-refractivity contribution in [1.29, 1.82) is 5.26 Å². The highest BCUT2D eigenvalue weighted by atomic mass is 15.3. The molecule has 0 saturated carbocycles. The number of hydrogen-bond donors (Lipinski definition) is 2. The van der Waals surface area contributed by atoms with Gasteiger partial charge in [0.25, 0.3) is 0 Å². The van der Waals surface area contributed by atoms with E-state index in [2.05, 4.69) is 38.9 Å². The number of anilines is 2. The predicted octanol–water partition coefficient (Wildman–Crippen LogP) is 2.08. The van der Waals surface area contributed by atoms with Gasteiger partial charge in [-0.25, -0.2) is 9.50 Å². The Morgan fingerprint density at radius 2 is 2.27 bits per heavy atom. The Balaban J connectivity index is 1.63. The van der Waals surface area contributed by atoms with E-state index >= 15 is 0 Å². The van der Waals surface area contributed by atoms with Crippen molar-refractivity contribution < 1.29 is 0 Å². The van der Waals surface area contributed by atoms with Gasteiger partial charge in [0.1, 0.15) is 11.8 Å². The van der Waals surface area contributed by atoms with E-state index in [-0.39, 0.29) is 6.04 Å². The molecule has 0 aliphatic carbocycles. The fourth-order valence-electron chi connectivity index (χ4n) is 3.25. The molecule has 0 unspecified atom stereocenters. The maximum absolute atomic E-state index is 9.09. The van der Waals surface area contributed by atoms with Crippen LogP contribution in [0.5, 0.6) is 0 Å². The van der Waals surface area contributed by atoms with Crippen LogP contribution in [0.15, 0.2) is 42.9 Å². The third-order valence-electron chi connectivity index (χ3n) is 4.63. The minimum atomic E-state index is 0.199. The fourth-order valence-corrected chi connectivity index (χ4v) is 3.25. The van der Waals surface area contributed by atoms with Crippen LogP contribution in [-0.2, 0) is 6.54 Å². The minimum Gasteiger partial charge on any atom is -0.338 e. The van der Waals surface area contributed by atoms with Crippen molar-refractivity contribution in [1.82, 2.24) is 19.5 Å². The number of benzene rings is 1. The molecular formula is C19H20N7. The number of hydrogen-bond acceptors (Lipinski definition) is 6. The van der Waals surface area contributed by atoms with E-state index in [1.54, 1.807) is 6.07 Å². The lowest BCUT2D eigenvalue weighted by Crippen LogP contribution is -2.39. The maximum atomic E-state index is 9.09. The number of aromatic nitrogens is 3. The predicted molar refractivity (Wildman–Crippen MR) is 99.6 cm³/mol. The Labute approximate surface area is 152 Å². The van der Waals surface area contributed by atoms with E-state index in [1.165, 1.54) is 6.33 Å². The summed E-state index contributed by atoms with van der Waals surface area (Å²) in [6.07, 6.45) is 6.61. The van der Waals surface area contributed by atoms with Gasteiger partial charge in [0.15, 0.2) is 5.82 Å². The van der Waals surface area contributed by atoms with E-state index in [0.717, 1.165) is 48.6 Å². The summed E-state index contributed by atoms with van der Waals surface area (Å²) in [6, 6.07) is 11.8. The number of fused-ring (bicyclic) bond motifs is 1. The molecule has 0 amide bonds. The molecule has 1 aliphatic rings. The number of nitrogens with two attached hydrogens (primary N) is 1. The van der Waals surface area contributed by atoms with Crippen LogP contribution in [0.3, 0.4) is 0 Å². The van der Waals surface area contributed by atoms with E-state index in [0.29, 0.717) is 5.56 Å². The Morgan fingerprint density at radius 3 is 3.08 bits per heavy atom. The van der Waals surface area contributed by atoms with Crippen LogP contribution in [0.1, 0.15) is 17.5 Å². The van der Waals surface area contributed by atoms with Crippen molar-refractivity contribution in [3.63, 3.8) is 0 Å². The third kappa shape index (κ3) is 3.38. The monoisotopic (exact) mass is 346 g/mol. The molecule has 3 aromatic rings. The topological polar surface area (TPSA) is 95.3 Å². The summed E-state index contributed by atoms with van der Waals surface area (Å²) in [4.78, 5) is 6.79. The average Bonchev–Trinajstić information content (AvgIpc) is 3.08. The Kier molecular flexibility index (Phi) is 4.52. The number of piperidine rings is 1. The molecule has 1 atom stereocenters. The summed E-state index contributed by atoms with van der Waals surface area (Å²) in [6.45, 7) is 2.69. The molecule has 1 aromatic carbocycles. The molecule has 2 aromatic heterocycles. The zero-order chi connectivity index (χ0) is 17.9. The summed E-state index contributed by atoms with van der Waals surface area (Å²) in [5, 5.41) is 16.7. The molecule has 1 fully saturated rings. The molecular weight excluding hydrogens is 326 g/mol. The third-order valence-corrected chi connectivity index (χ3v) is 4.63. The van der Waals surface area contributed by atoms with Crippen molar-refractivity contribution in [3.05, 3.63) is 60.4 Å². The number of nitrogens with zero attached hydrogens (tertiary/aromatic N) is 5. The fraction of sp³-hybridized carbons (Fsp3) is 0.263. The van der Waals surface area contributed by atoms with Crippen LogP contribution in [0.4, 0.5) is 11.5 Å². The molecule has 3 heterocycles. The van der Waals surface area contributed by atoms with Crippen molar-refractivity contribution in [2.24, 2.45) is 5.73 Å². The summed E-state index contributed by atoms with van der Waals surface area (Å²) in [7, 11) is 0. The average molecular weight is 346 g/mol. The smallest absolute Gasteiger partial charge is 0.158 e. The lowest BCUT2D eigenvalue weighted by atomic mass is 10.1. The largest absolute Gasteiger partial charge is 0.338 e. The zero-order valence-corrected chi connectivity index (χ0v) is 14.3. The van der Waals surface area contributed by atoms with E-state index < -0.39 is 0 Å². The van der Waals surface area contributed by atoms with Crippen LogP contribution >= 0.6 is 0 Å². The Bertz CT molecular complexity index is 948. The van der Waals surface area contributed by atoms with Crippen LogP contribution < -0.4 is 11.1 Å². The molecule has 1 aliphatic heterocycles. The maximum Gasteiger partial charge on any atom is 0.158 e. The van der Waals surface area contributed by atoms with Crippen LogP contribution in [0.2, 0.25) is 0 Å². The molecule has 0 spiro atoms. The van der Waals surface area contributed by atoms with Gasteiger partial charge in [0.05, 0.1) is 11.6 Å². The molecule has 26 heavy (non-hydrogen) atoms. The zero-order valence-electron chi connectivity index (χ0n) is 14.3.